The summed E-state index contributed by atoms with van der Waals surface area (Å²) in [5.74, 6) is 4.30. The molecule has 6 rings (SSSR count). The maximum atomic E-state index is 10.0. The van der Waals surface area contributed by atoms with Gasteiger partial charge < -0.3 is 14.8 Å². The van der Waals surface area contributed by atoms with Crippen molar-refractivity contribution >= 4 is 5.69 Å². The number of nitrogens with one attached hydrogen (secondary N) is 1. The van der Waals surface area contributed by atoms with Crippen molar-refractivity contribution in [1.29, 1.82) is 5.26 Å². The van der Waals surface area contributed by atoms with E-state index in [1.165, 1.54) is 32.1 Å². The van der Waals surface area contributed by atoms with Gasteiger partial charge in [-0.25, -0.2) is 0 Å². The lowest BCUT2D eigenvalue weighted by molar-refractivity contribution is -0.0206. The molecule has 0 spiro atoms. The largest absolute Gasteiger partial charge is 0.454 e. The molecule has 1 heterocycles. The highest BCUT2D eigenvalue weighted by atomic mass is 16.7. The molecule has 1 aliphatic heterocycles. The predicted octanol–water partition coefficient (Wildman–Crippen LogP) is 3.55. The number of fused-ring (bicyclic) bond motifs is 1. The number of rotatable bonds is 2. The molecule has 0 radical (unpaired) electrons. The fraction of sp³-hybridized carbons (Fsp3) is 0.611. The first kappa shape index (κ1) is 12.6. The van der Waals surface area contributed by atoms with Crippen molar-refractivity contribution in [3.63, 3.8) is 0 Å². The van der Waals surface area contributed by atoms with E-state index in [1.807, 2.05) is 18.2 Å². The van der Waals surface area contributed by atoms with Crippen molar-refractivity contribution in [2.45, 2.75) is 37.6 Å². The number of ether oxygens (including phenoxy) is 2. The van der Waals surface area contributed by atoms with Gasteiger partial charge in [0.05, 0.1) is 6.07 Å². The lowest BCUT2D eigenvalue weighted by Crippen LogP contribution is -2.61. The molecular formula is C18H20N2O2. The zero-order chi connectivity index (χ0) is 14.7. The van der Waals surface area contributed by atoms with Crippen molar-refractivity contribution in [1.82, 2.24) is 0 Å². The average molecular weight is 296 g/mol. The maximum Gasteiger partial charge on any atom is 0.231 e. The van der Waals surface area contributed by atoms with Gasteiger partial charge in [-0.2, -0.15) is 5.26 Å². The molecule has 22 heavy (non-hydrogen) atoms. The Morgan fingerprint density at radius 2 is 1.68 bits per heavy atom. The summed E-state index contributed by atoms with van der Waals surface area (Å²) in [6.45, 7) is 0.288. The molecule has 0 aromatic heterocycles. The van der Waals surface area contributed by atoms with E-state index >= 15 is 0 Å². The first-order valence-corrected chi connectivity index (χ1v) is 8.36. The molecule has 4 saturated carbocycles. The van der Waals surface area contributed by atoms with Gasteiger partial charge in [-0.1, -0.05) is 0 Å². The van der Waals surface area contributed by atoms with Gasteiger partial charge >= 0.3 is 0 Å². The quantitative estimate of drug-likeness (QED) is 0.907. The lowest BCUT2D eigenvalue weighted by atomic mass is 9.49. The number of anilines is 1. The molecule has 1 N–H and O–H groups in total. The second-order valence-corrected chi connectivity index (χ2v) is 7.48. The summed E-state index contributed by atoms with van der Waals surface area (Å²) in [7, 11) is 0. The highest BCUT2D eigenvalue weighted by Gasteiger charge is 2.57. The van der Waals surface area contributed by atoms with Gasteiger partial charge in [-0.15, -0.1) is 0 Å². The number of nitrogens with zero attached hydrogens (tertiary/aromatic N) is 1. The van der Waals surface area contributed by atoms with Crippen LogP contribution in [0.3, 0.4) is 0 Å². The van der Waals surface area contributed by atoms with Crippen molar-refractivity contribution in [3.8, 4) is 17.6 Å². The van der Waals surface area contributed by atoms with E-state index in [4.69, 9.17) is 9.47 Å². The van der Waals surface area contributed by atoms with Crippen molar-refractivity contribution in [2.24, 2.45) is 23.7 Å². The molecule has 1 aromatic carbocycles. The van der Waals surface area contributed by atoms with Crippen LogP contribution in [0, 0.1) is 35.0 Å². The molecule has 0 unspecified atom stereocenters. The molecule has 1 aromatic rings. The van der Waals surface area contributed by atoms with Crippen molar-refractivity contribution < 1.29 is 9.47 Å². The normalized spacial score (nSPS) is 40.5. The van der Waals surface area contributed by atoms with Crippen LogP contribution >= 0.6 is 0 Å². The van der Waals surface area contributed by atoms with Gasteiger partial charge in [0.1, 0.15) is 5.54 Å². The monoisotopic (exact) mass is 296 g/mol. The predicted molar refractivity (Wildman–Crippen MR) is 81.6 cm³/mol. The minimum Gasteiger partial charge on any atom is -0.454 e. The first-order chi connectivity index (χ1) is 10.8. The summed E-state index contributed by atoms with van der Waals surface area (Å²) < 4.78 is 10.8. The van der Waals surface area contributed by atoms with Crippen molar-refractivity contribution in [3.05, 3.63) is 18.2 Å². The van der Waals surface area contributed by atoms with Crippen molar-refractivity contribution in [2.75, 3.05) is 12.1 Å². The molecule has 0 saturated heterocycles. The number of hydrogen-bond acceptors (Lipinski definition) is 4. The standard InChI is InChI=1S/C18H20N2O2/c19-9-18(13-4-11-3-12(6-13)7-14(18)5-11)20-15-1-2-16-17(8-15)22-10-21-16/h1-2,8,11-14,20H,3-7,10H2. The van der Waals surface area contributed by atoms with E-state index < -0.39 is 0 Å². The fourth-order valence-corrected chi connectivity index (χ4v) is 5.56. The average Bonchev–Trinajstić information content (AvgIpc) is 2.98. The summed E-state index contributed by atoms with van der Waals surface area (Å²) in [5, 5.41) is 13.7. The first-order valence-electron chi connectivity index (χ1n) is 8.36. The topological polar surface area (TPSA) is 54.3 Å². The van der Waals surface area contributed by atoms with Crippen LogP contribution in [0.5, 0.6) is 11.5 Å². The minimum atomic E-state index is -0.388. The van der Waals surface area contributed by atoms with Gasteiger partial charge in [0, 0.05) is 11.8 Å². The van der Waals surface area contributed by atoms with Gasteiger partial charge in [0.2, 0.25) is 6.79 Å². The molecule has 0 atom stereocenters. The third-order valence-corrected chi connectivity index (χ3v) is 6.33. The third kappa shape index (κ3) is 1.63. The van der Waals surface area contributed by atoms with E-state index in [9.17, 15) is 5.26 Å². The third-order valence-electron chi connectivity index (χ3n) is 6.33. The van der Waals surface area contributed by atoms with E-state index in [-0.39, 0.29) is 12.3 Å². The van der Waals surface area contributed by atoms with Crippen LogP contribution in [0.25, 0.3) is 0 Å². The molecule has 114 valence electrons. The summed E-state index contributed by atoms with van der Waals surface area (Å²) in [6.07, 6.45) is 6.28. The Morgan fingerprint density at radius 3 is 2.36 bits per heavy atom. The van der Waals surface area contributed by atoms with E-state index in [0.717, 1.165) is 29.0 Å². The minimum absolute atomic E-state index is 0.288. The molecule has 4 nitrogen and oxygen atoms in total. The molecule has 4 fully saturated rings. The van der Waals surface area contributed by atoms with Gasteiger partial charge in [0.25, 0.3) is 0 Å². The molecule has 5 aliphatic rings. The Labute approximate surface area is 130 Å². The number of nitriles is 1. The smallest absolute Gasteiger partial charge is 0.231 e. The second-order valence-electron chi connectivity index (χ2n) is 7.48. The maximum absolute atomic E-state index is 10.0. The van der Waals surface area contributed by atoms with Crippen LogP contribution < -0.4 is 14.8 Å². The lowest BCUT2D eigenvalue weighted by Gasteiger charge is -2.58. The molecule has 4 heteroatoms. The summed E-state index contributed by atoms with van der Waals surface area (Å²) in [4.78, 5) is 0. The second kappa shape index (κ2) is 4.32. The Balaban J connectivity index is 1.49. The molecular weight excluding hydrogens is 276 g/mol. The highest BCUT2D eigenvalue weighted by molar-refractivity contribution is 5.58. The fourth-order valence-electron chi connectivity index (χ4n) is 5.56. The zero-order valence-electron chi connectivity index (χ0n) is 12.5. The van der Waals surface area contributed by atoms with Crippen LogP contribution in [-0.4, -0.2) is 12.3 Å². The van der Waals surface area contributed by atoms with Crippen LogP contribution in [0.2, 0.25) is 0 Å². The van der Waals surface area contributed by atoms with Crippen LogP contribution in [0.15, 0.2) is 18.2 Å². The molecule has 4 aliphatic carbocycles. The zero-order valence-corrected chi connectivity index (χ0v) is 12.5. The highest BCUT2D eigenvalue weighted by Crippen LogP contribution is 2.59. The van der Waals surface area contributed by atoms with Gasteiger partial charge in [0.15, 0.2) is 11.5 Å². The Kier molecular flexibility index (Phi) is 2.48. The van der Waals surface area contributed by atoms with Gasteiger partial charge in [-0.3, -0.25) is 0 Å². The Bertz CT molecular complexity index is 636. The van der Waals surface area contributed by atoms with E-state index in [0.29, 0.717) is 11.8 Å². The van der Waals surface area contributed by atoms with Crippen LogP contribution in [-0.2, 0) is 0 Å². The molecule has 4 bridgehead atoms. The summed E-state index contributed by atoms with van der Waals surface area (Å²) >= 11 is 0. The molecule has 0 amide bonds. The Hall–Kier alpha value is -1.89. The SMILES string of the molecule is N#CC1(Nc2ccc3c(c2)OCO3)C2CC3CC(C2)CC1C3. The summed E-state index contributed by atoms with van der Waals surface area (Å²) in [6, 6.07) is 8.62. The van der Waals surface area contributed by atoms with E-state index in [1.54, 1.807) is 0 Å². The number of hydrogen-bond donors (Lipinski definition) is 1. The van der Waals surface area contributed by atoms with Crippen LogP contribution in [0.1, 0.15) is 32.1 Å². The Morgan fingerprint density at radius 1 is 1.00 bits per heavy atom. The summed E-state index contributed by atoms with van der Waals surface area (Å²) in [5.41, 5.74) is 0.597. The number of benzene rings is 1. The van der Waals surface area contributed by atoms with Crippen LogP contribution in [0.4, 0.5) is 5.69 Å². The van der Waals surface area contributed by atoms with E-state index in [2.05, 4.69) is 11.4 Å². The van der Waals surface area contributed by atoms with Gasteiger partial charge in [-0.05, 0) is 67.9 Å².